The summed E-state index contributed by atoms with van der Waals surface area (Å²) >= 11 is 0. The predicted octanol–water partition coefficient (Wildman–Crippen LogP) is 3.38. The number of piperazine rings is 1. The van der Waals surface area contributed by atoms with E-state index in [1.54, 1.807) is 0 Å². The van der Waals surface area contributed by atoms with Crippen LogP contribution in [0, 0.1) is 20.8 Å². The molecule has 5 heteroatoms. The van der Waals surface area contributed by atoms with Crippen molar-refractivity contribution in [3.63, 3.8) is 0 Å². The Kier molecular flexibility index (Phi) is 6.01. The first-order valence-electron chi connectivity index (χ1n) is 9.46. The molecule has 0 spiro atoms. The van der Waals surface area contributed by atoms with E-state index in [2.05, 4.69) is 40.4 Å². The monoisotopic (exact) mass is 367 g/mol. The SMILES string of the molecule is Cc1ccc(OCC(=O)Nc2ccc(N3CCN(C)CC3)cc2C)c(C)c1. The average molecular weight is 367 g/mol. The zero-order valence-corrected chi connectivity index (χ0v) is 16.7. The van der Waals surface area contributed by atoms with Crippen molar-refractivity contribution in [2.45, 2.75) is 20.8 Å². The highest BCUT2D eigenvalue weighted by Crippen LogP contribution is 2.24. The lowest BCUT2D eigenvalue weighted by Crippen LogP contribution is -2.44. The summed E-state index contributed by atoms with van der Waals surface area (Å²) in [6, 6.07) is 12.2. The molecule has 2 aromatic rings. The van der Waals surface area contributed by atoms with E-state index >= 15 is 0 Å². The van der Waals surface area contributed by atoms with Crippen LogP contribution in [0.5, 0.6) is 5.75 Å². The van der Waals surface area contributed by atoms with Crippen molar-refractivity contribution < 1.29 is 9.53 Å². The van der Waals surface area contributed by atoms with Crippen molar-refractivity contribution >= 4 is 17.3 Å². The fraction of sp³-hybridized carbons (Fsp3) is 0.409. The van der Waals surface area contributed by atoms with E-state index in [-0.39, 0.29) is 12.5 Å². The number of nitrogens with one attached hydrogen (secondary N) is 1. The lowest BCUT2D eigenvalue weighted by Gasteiger charge is -2.34. The van der Waals surface area contributed by atoms with E-state index in [0.29, 0.717) is 0 Å². The molecule has 1 amide bonds. The van der Waals surface area contributed by atoms with Gasteiger partial charge in [-0.2, -0.15) is 0 Å². The molecule has 1 aliphatic heterocycles. The number of rotatable bonds is 5. The maximum Gasteiger partial charge on any atom is 0.262 e. The molecule has 0 aromatic heterocycles. The lowest BCUT2D eigenvalue weighted by molar-refractivity contribution is -0.118. The standard InChI is InChI=1S/C22H29N3O2/c1-16-5-8-21(18(3)13-16)27-15-22(26)23-20-7-6-19(14-17(20)2)25-11-9-24(4)10-12-25/h5-8,13-14H,9-12,15H2,1-4H3,(H,23,26). The van der Waals surface area contributed by atoms with Crippen LogP contribution in [0.3, 0.4) is 0 Å². The second-order valence-corrected chi connectivity index (χ2v) is 7.40. The van der Waals surface area contributed by atoms with Gasteiger partial charge in [0.2, 0.25) is 0 Å². The van der Waals surface area contributed by atoms with Gasteiger partial charge in [0, 0.05) is 37.6 Å². The van der Waals surface area contributed by atoms with Crippen LogP contribution in [-0.2, 0) is 4.79 Å². The molecule has 1 heterocycles. The molecule has 0 radical (unpaired) electrons. The third-order valence-corrected chi connectivity index (χ3v) is 5.04. The predicted molar refractivity (Wildman–Crippen MR) is 111 cm³/mol. The average Bonchev–Trinajstić information content (AvgIpc) is 2.63. The van der Waals surface area contributed by atoms with Crippen molar-refractivity contribution in [2.24, 2.45) is 0 Å². The molecule has 1 saturated heterocycles. The first-order chi connectivity index (χ1) is 12.9. The highest BCUT2D eigenvalue weighted by molar-refractivity contribution is 5.92. The van der Waals surface area contributed by atoms with Gasteiger partial charge in [0.25, 0.3) is 5.91 Å². The Morgan fingerprint density at radius 2 is 1.74 bits per heavy atom. The second kappa shape index (κ2) is 8.44. The summed E-state index contributed by atoms with van der Waals surface area (Å²) in [5.41, 5.74) is 5.33. The number of amides is 1. The molecule has 0 unspecified atom stereocenters. The van der Waals surface area contributed by atoms with E-state index in [1.807, 2.05) is 39.0 Å². The highest BCUT2D eigenvalue weighted by atomic mass is 16.5. The van der Waals surface area contributed by atoms with Crippen LogP contribution < -0.4 is 15.0 Å². The van der Waals surface area contributed by atoms with Crippen LogP contribution in [0.25, 0.3) is 0 Å². The van der Waals surface area contributed by atoms with E-state index < -0.39 is 0 Å². The Morgan fingerprint density at radius 3 is 2.41 bits per heavy atom. The van der Waals surface area contributed by atoms with Crippen molar-refractivity contribution in [2.75, 3.05) is 50.1 Å². The molecule has 3 rings (SSSR count). The van der Waals surface area contributed by atoms with Crippen molar-refractivity contribution in [1.82, 2.24) is 4.90 Å². The number of ether oxygens (including phenoxy) is 1. The molecular weight excluding hydrogens is 338 g/mol. The minimum Gasteiger partial charge on any atom is -0.483 e. The van der Waals surface area contributed by atoms with Gasteiger partial charge in [-0.15, -0.1) is 0 Å². The second-order valence-electron chi connectivity index (χ2n) is 7.40. The summed E-state index contributed by atoms with van der Waals surface area (Å²) in [5.74, 6) is 0.600. The van der Waals surface area contributed by atoms with Gasteiger partial charge in [0.15, 0.2) is 6.61 Å². The molecule has 0 saturated carbocycles. The number of carbonyl (C=O) groups excluding carboxylic acids is 1. The number of carbonyl (C=O) groups is 1. The Balaban J connectivity index is 1.57. The maximum atomic E-state index is 12.3. The zero-order chi connectivity index (χ0) is 19.4. The van der Waals surface area contributed by atoms with Crippen LogP contribution in [0.1, 0.15) is 16.7 Å². The van der Waals surface area contributed by atoms with Crippen molar-refractivity contribution in [3.8, 4) is 5.75 Å². The summed E-state index contributed by atoms with van der Waals surface area (Å²) in [6.45, 7) is 10.3. The van der Waals surface area contributed by atoms with Crippen molar-refractivity contribution in [3.05, 3.63) is 53.1 Å². The lowest BCUT2D eigenvalue weighted by atomic mass is 10.1. The first kappa shape index (κ1) is 19.2. The number of anilines is 2. The smallest absolute Gasteiger partial charge is 0.262 e. The molecule has 144 valence electrons. The number of benzene rings is 2. The summed E-state index contributed by atoms with van der Waals surface area (Å²) in [7, 11) is 2.15. The van der Waals surface area contributed by atoms with Gasteiger partial charge >= 0.3 is 0 Å². The topological polar surface area (TPSA) is 44.8 Å². The molecule has 2 aromatic carbocycles. The summed E-state index contributed by atoms with van der Waals surface area (Å²) in [5, 5.41) is 2.96. The fourth-order valence-electron chi connectivity index (χ4n) is 3.34. The zero-order valence-electron chi connectivity index (χ0n) is 16.7. The Labute approximate surface area is 161 Å². The number of hydrogen-bond donors (Lipinski definition) is 1. The van der Waals surface area contributed by atoms with Gasteiger partial charge in [0.1, 0.15) is 5.75 Å². The normalized spacial score (nSPS) is 14.9. The molecule has 0 atom stereocenters. The maximum absolute atomic E-state index is 12.3. The third-order valence-electron chi connectivity index (χ3n) is 5.04. The summed E-state index contributed by atoms with van der Waals surface area (Å²) in [6.07, 6.45) is 0. The van der Waals surface area contributed by atoms with Crippen LogP contribution in [-0.4, -0.2) is 50.6 Å². The van der Waals surface area contributed by atoms with Crippen LogP contribution in [0.15, 0.2) is 36.4 Å². The number of aryl methyl sites for hydroxylation is 3. The van der Waals surface area contributed by atoms with Gasteiger partial charge in [-0.25, -0.2) is 0 Å². The molecule has 0 aliphatic carbocycles. The minimum atomic E-state index is -0.148. The van der Waals surface area contributed by atoms with Gasteiger partial charge in [-0.3, -0.25) is 4.79 Å². The molecular formula is C22H29N3O2. The minimum absolute atomic E-state index is 0.00352. The largest absolute Gasteiger partial charge is 0.483 e. The van der Waals surface area contributed by atoms with Crippen LogP contribution in [0.4, 0.5) is 11.4 Å². The number of likely N-dealkylation sites (N-methyl/N-ethyl adjacent to an activating group) is 1. The number of nitrogens with zero attached hydrogens (tertiary/aromatic N) is 2. The van der Waals surface area contributed by atoms with Crippen LogP contribution >= 0.6 is 0 Å². The summed E-state index contributed by atoms with van der Waals surface area (Å²) < 4.78 is 5.67. The third kappa shape index (κ3) is 5.01. The Hall–Kier alpha value is -2.53. The van der Waals surface area contributed by atoms with Crippen molar-refractivity contribution in [1.29, 1.82) is 0 Å². The van der Waals surface area contributed by atoms with E-state index in [9.17, 15) is 4.79 Å². The first-order valence-corrected chi connectivity index (χ1v) is 9.46. The molecule has 27 heavy (non-hydrogen) atoms. The van der Waals surface area contributed by atoms with Gasteiger partial charge in [-0.1, -0.05) is 17.7 Å². The molecule has 1 aliphatic rings. The van der Waals surface area contributed by atoms with E-state index in [1.165, 1.54) is 11.3 Å². The van der Waals surface area contributed by atoms with Gasteiger partial charge in [-0.05, 0) is 63.2 Å². The summed E-state index contributed by atoms with van der Waals surface area (Å²) in [4.78, 5) is 17.0. The van der Waals surface area contributed by atoms with E-state index in [4.69, 9.17) is 4.74 Å². The molecule has 1 fully saturated rings. The fourth-order valence-corrected chi connectivity index (χ4v) is 3.34. The Morgan fingerprint density at radius 1 is 1.00 bits per heavy atom. The quantitative estimate of drug-likeness (QED) is 0.880. The van der Waals surface area contributed by atoms with Gasteiger partial charge in [0.05, 0.1) is 0 Å². The van der Waals surface area contributed by atoms with Crippen LogP contribution in [0.2, 0.25) is 0 Å². The number of hydrogen-bond acceptors (Lipinski definition) is 4. The molecule has 0 bridgehead atoms. The van der Waals surface area contributed by atoms with Gasteiger partial charge < -0.3 is 19.9 Å². The molecule has 1 N–H and O–H groups in total. The highest BCUT2D eigenvalue weighted by Gasteiger charge is 2.15. The molecule has 5 nitrogen and oxygen atoms in total. The Bertz CT molecular complexity index is 811. The van der Waals surface area contributed by atoms with E-state index in [0.717, 1.165) is 48.7 Å².